The highest BCUT2D eigenvalue weighted by atomic mass is 19.1. The maximum absolute atomic E-state index is 13.5. The molecule has 2 rings (SSSR count). The minimum atomic E-state index is -0.149. The first kappa shape index (κ1) is 12.5. The van der Waals surface area contributed by atoms with Crippen molar-refractivity contribution in [1.29, 1.82) is 0 Å². The van der Waals surface area contributed by atoms with E-state index in [1.165, 1.54) is 0 Å². The van der Waals surface area contributed by atoms with Gasteiger partial charge in [-0.3, -0.25) is 0 Å². The molecule has 0 bridgehead atoms. The topological polar surface area (TPSA) is 21.3 Å². The molecule has 2 nitrogen and oxygen atoms in total. The van der Waals surface area contributed by atoms with Crippen LogP contribution in [0.1, 0.15) is 37.0 Å². The van der Waals surface area contributed by atoms with E-state index < -0.39 is 0 Å². The molecule has 1 fully saturated rings. The van der Waals surface area contributed by atoms with Crippen molar-refractivity contribution in [3.63, 3.8) is 0 Å². The number of hydrogen-bond donors (Lipinski definition) is 1. The van der Waals surface area contributed by atoms with Gasteiger partial charge in [-0.1, -0.05) is 25.5 Å². The Hall–Kier alpha value is -0.930. The van der Waals surface area contributed by atoms with Gasteiger partial charge in [-0.25, -0.2) is 4.39 Å². The van der Waals surface area contributed by atoms with Crippen LogP contribution in [0.15, 0.2) is 18.2 Å². The summed E-state index contributed by atoms with van der Waals surface area (Å²) in [6.07, 6.45) is 2.40. The van der Waals surface area contributed by atoms with Gasteiger partial charge in [0, 0.05) is 13.1 Å². The third-order valence-electron chi connectivity index (χ3n) is 3.24. The molecule has 1 heterocycles. The highest BCUT2D eigenvalue weighted by Crippen LogP contribution is 2.24. The predicted molar refractivity (Wildman–Crippen MR) is 66.5 cm³/mol. The van der Waals surface area contributed by atoms with Gasteiger partial charge in [0.05, 0.1) is 12.2 Å². The van der Waals surface area contributed by atoms with Crippen LogP contribution in [0.4, 0.5) is 4.39 Å². The molecule has 1 aliphatic rings. The van der Waals surface area contributed by atoms with E-state index in [-0.39, 0.29) is 18.0 Å². The van der Waals surface area contributed by atoms with E-state index in [1.54, 1.807) is 13.0 Å². The molecule has 0 amide bonds. The van der Waals surface area contributed by atoms with Crippen LogP contribution in [0, 0.1) is 12.7 Å². The van der Waals surface area contributed by atoms with Crippen LogP contribution in [0.5, 0.6) is 0 Å². The van der Waals surface area contributed by atoms with Gasteiger partial charge in [0.25, 0.3) is 0 Å². The van der Waals surface area contributed by atoms with Crippen LogP contribution in [0.3, 0.4) is 0 Å². The van der Waals surface area contributed by atoms with Crippen molar-refractivity contribution in [2.45, 2.75) is 38.9 Å². The third kappa shape index (κ3) is 3.05. The molecule has 0 radical (unpaired) electrons. The molecule has 0 aliphatic carbocycles. The number of rotatable bonds is 3. The van der Waals surface area contributed by atoms with Crippen LogP contribution in [-0.2, 0) is 4.74 Å². The standard InChI is InChI=1S/C14H20FNO/c1-3-4-12-8-16-9-14(17-12)11-6-5-10(2)13(15)7-11/h5-7,12,14,16H,3-4,8-9H2,1-2H3. The molecule has 17 heavy (non-hydrogen) atoms. The lowest BCUT2D eigenvalue weighted by molar-refractivity contribution is -0.0426. The molecule has 94 valence electrons. The molecule has 1 saturated heterocycles. The van der Waals surface area contributed by atoms with E-state index in [1.807, 2.05) is 12.1 Å². The van der Waals surface area contributed by atoms with Crippen molar-refractivity contribution in [3.8, 4) is 0 Å². The zero-order chi connectivity index (χ0) is 12.3. The van der Waals surface area contributed by atoms with Gasteiger partial charge in [-0.2, -0.15) is 0 Å². The summed E-state index contributed by atoms with van der Waals surface area (Å²) in [5.74, 6) is -0.149. The van der Waals surface area contributed by atoms with Crippen LogP contribution >= 0.6 is 0 Å². The van der Waals surface area contributed by atoms with Crippen LogP contribution in [0.25, 0.3) is 0 Å². The lowest BCUT2D eigenvalue weighted by Crippen LogP contribution is -2.40. The Morgan fingerprint density at radius 3 is 2.94 bits per heavy atom. The van der Waals surface area contributed by atoms with Crippen molar-refractivity contribution in [1.82, 2.24) is 5.32 Å². The fourth-order valence-electron chi connectivity index (χ4n) is 2.20. The van der Waals surface area contributed by atoms with Gasteiger partial charge in [-0.15, -0.1) is 0 Å². The summed E-state index contributed by atoms with van der Waals surface area (Å²) >= 11 is 0. The molecule has 3 heteroatoms. The average Bonchev–Trinajstić information content (AvgIpc) is 2.33. The predicted octanol–water partition coefficient (Wildman–Crippen LogP) is 2.96. The molecule has 2 unspecified atom stereocenters. The summed E-state index contributed by atoms with van der Waals surface area (Å²) in [6.45, 7) is 5.60. The smallest absolute Gasteiger partial charge is 0.126 e. The highest BCUT2D eigenvalue weighted by molar-refractivity contribution is 5.25. The fourth-order valence-corrected chi connectivity index (χ4v) is 2.20. The number of halogens is 1. The second-order valence-electron chi connectivity index (χ2n) is 4.70. The average molecular weight is 237 g/mol. The Labute approximate surface area is 102 Å². The second-order valence-corrected chi connectivity index (χ2v) is 4.70. The van der Waals surface area contributed by atoms with E-state index >= 15 is 0 Å². The number of benzene rings is 1. The second kappa shape index (κ2) is 5.61. The number of hydrogen-bond acceptors (Lipinski definition) is 2. The summed E-state index contributed by atoms with van der Waals surface area (Å²) in [5.41, 5.74) is 1.61. The molecular formula is C14H20FNO. The zero-order valence-corrected chi connectivity index (χ0v) is 10.5. The molecule has 1 aromatic rings. The fraction of sp³-hybridized carbons (Fsp3) is 0.571. The minimum absolute atomic E-state index is 0.0181. The Kier molecular flexibility index (Phi) is 4.13. The number of aryl methyl sites for hydroxylation is 1. The van der Waals surface area contributed by atoms with Gasteiger partial charge < -0.3 is 10.1 Å². The van der Waals surface area contributed by atoms with Crippen molar-refractivity contribution in [2.75, 3.05) is 13.1 Å². The van der Waals surface area contributed by atoms with Crippen LogP contribution in [-0.4, -0.2) is 19.2 Å². The van der Waals surface area contributed by atoms with Gasteiger partial charge in [-0.05, 0) is 30.5 Å². The van der Waals surface area contributed by atoms with Crippen LogP contribution < -0.4 is 5.32 Å². The van der Waals surface area contributed by atoms with E-state index in [0.717, 1.165) is 31.5 Å². The maximum atomic E-state index is 13.5. The van der Waals surface area contributed by atoms with E-state index in [2.05, 4.69) is 12.2 Å². The van der Waals surface area contributed by atoms with Gasteiger partial charge in [0.1, 0.15) is 5.82 Å². The highest BCUT2D eigenvalue weighted by Gasteiger charge is 2.23. The van der Waals surface area contributed by atoms with Crippen LogP contribution in [0.2, 0.25) is 0 Å². The van der Waals surface area contributed by atoms with Crippen molar-refractivity contribution >= 4 is 0 Å². The molecule has 1 aromatic carbocycles. The molecule has 0 spiro atoms. The van der Waals surface area contributed by atoms with Crippen molar-refractivity contribution in [2.24, 2.45) is 0 Å². The van der Waals surface area contributed by atoms with Gasteiger partial charge in [0.2, 0.25) is 0 Å². The lowest BCUT2D eigenvalue weighted by Gasteiger charge is -2.31. The molecule has 0 aromatic heterocycles. The maximum Gasteiger partial charge on any atom is 0.126 e. The quantitative estimate of drug-likeness (QED) is 0.872. The first-order valence-corrected chi connectivity index (χ1v) is 6.33. The lowest BCUT2D eigenvalue weighted by atomic mass is 10.0. The summed E-state index contributed by atoms with van der Waals surface area (Å²) in [7, 11) is 0. The molecular weight excluding hydrogens is 217 g/mol. The third-order valence-corrected chi connectivity index (χ3v) is 3.24. The monoisotopic (exact) mass is 237 g/mol. The molecule has 0 saturated carbocycles. The van der Waals surface area contributed by atoms with Gasteiger partial charge >= 0.3 is 0 Å². The Bertz CT molecular complexity index is 378. The SMILES string of the molecule is CCCC1CNCC(c2ccc(C)c(F)c2)O1. The van der Waals surface area contributed by atoms with Gasteiger partial charge in [0.15, 0.2) is 0 Å². The van der Waals surface area contributed by atoms with E-state index in [0.29, 0.717) is 5.56 Å². The number of ether oxygens (including phenoxy) is 1. The van der Waals surface area contributed by atoms with E-state index in [4.69, 9.17) is 4.74 Å². The first-order chi connectivity index (χ1) is 8.20. The zero-order valence-electron chi connectivity index (χ0n) is 10.5. The minimum Gasteiger partial charge on any atom is -0.368 e. The Balaban J connectivity index is 2.08. The Morgan fingerprint density at radius 2 is 2.24 bits per heavy atom. The summed E-state index contributed by atoms with van der Waals surface area (Å²) < 4.78 is 19.5. The first-order valence-electron chi connectivity index (χ1n) is 6.33. The normalized spacial score (nSPS) is 24.9. The molecule has 2 atom stereocenters. The number of morpholine rings is 1. The molecule has 1 N–H and O–H groups in total. The largest absolute Gasteiger partial charge is 0.368 e. The van der Waals surface area contributed by atoms with E-state index in [9.17, 15) is 4.39 Å². The van der Waals surface area contributed by atoms with Crippen molar-refractivity contribution < 1.29 is 9.13 Å². The number of nitrogens with one attached hydrogen (secondary N) is 1. The Morgan fingerprint density at radius 1 is 1.41 bits per heavy atom. The summed E-state index contributed by atoms with van der Waals surface area (Å²) in [6, 6.07) is 5.37. The molecule has 1 aliphatic heterocycles. The summed E-state index contributed by atoms with van der Waals surface area (Å²) in [4.78, 5) is 0. The van der Waals surface area contributed by atoms with Crippen molar-refractivity contribution in [3.05, 3.63) is 35.1 Å². The summed E-state index contributed by atoms with van der Waals surface area (Å²) in [5, 5.41) is 3.35.